The second kappa shape index (κ2) is 4.73. The van der Waals surface area contributed by atoms with E-state index in [1.165, 1.54) is 6.07 Å². The van der Waals surface area contributed by atoms with E-state index in [9.17, 15) is 9.18 Å². The van der Waals surface area contributed by atoms with Crippen molar-refractivity contribution in [3.05, 3.63) is 40.2 Å². The molecule has 6 heteroatoms. The van der Waals surface area contributed by atoms with Gasteiger partial charge in [0.1, 0.15) is 10.7 Å². The molecular weight excluding hydrogens is 255 g/mol. The van der Waals surface area contributed by atoms with Crippen LogP contribution in [0.1, 0.15) is 20.9 Å². The molecule has 0 aliphatic rings. The highest BCUT2D eigenvalue weighted by Crippen LogP contribution is 2.26. The number of aryl methyl sites for hydroxylation is 2. The lowest BCUT2D eigenvalue weighted by atomic mass is 10.2. The molecule has 0 aliphatic heterocycles. The van der Waals surface area contributed by atoms with Crippen molar-refractivity contribution in [2.24, 2.45) is 0 Å². The Balaban J connectivity index is 2.26. The third-order valence-electron chi connectivity index (χ3n) is 2.40. The van der Waals surface area contributed by atoms with Gasteiger partial charge in [0.25, 0.3) is 0 Å². The number of carboxylic acids is 1. The molecule has 0 saturated heterocycles. The number of halogens is 1. The Labute approximate surface area is 107 Å². The SMILES string of the molecule is Cc1cc(Nc2nc(C)c(C(=O)O)s2)ccc1F. The van der Waals surface area contributed by atoms with Crippen LogP contribution >= 0.6 is 11.3 Å². The van der Waals surface area contributed by atoms with E-state index in [2.05, 4.69) is 10.3 Å². The number of hydrogen-bond acceptors (Lipinski definition) is 4. The summed E-state index contributed by atoms with van der Waals surface area (Å²) in [6, 6.07) is 4.59. The van der Waals surface area contributed by atoms with Gasteiger partial charge in [0.2, 0.25) is 0 Å². The summed E-state index contributed by atoms with van der Waals surface area (Å²) in [5.41, 5.74) is 1.67. The molecule has 0 radical (unpaired) electrons. The van der Waals surface area contributed by atoms with Crippen molar-refractivity contribution in [3.63, 3.8) is 0 Å². The van der Waals surface area contributed by atoms with Crippen LogP contribution in [0.15, 0.2) is 18.2 Å². The van der Waals surface area contributed by atoms with Gasteiger partial charge in [0, 0.05) is 5.69 Å². The number of carboxylic acid groups (broad SMARTS) is 1. The highest BCUT2D eigenvalue weighted by atomic mass is 32.1. The third-order valence-corrected chi connectivity index (χ3v) is 3.46. The largest absolute Gasteiger partial charge is 0.477 e. The Morgan fingerprint density at radius 1 is 1.44 bits per heavy atom. The molecule has 0 atom stereocenters. The van der Waals surface area contributed by atoms with E-state index >= 15 is 0 Å². The highest BCUT2D eigenvalue weighted by Gasteiger charge is 2.14. The minimum absolute atomic E-state index is 0.205. The number of aromatic carboxylic acids is 1. The molecule has 0 aliphatic carbocycles. The molecule has 94 valence electrons. The maximum absolute atomic E-state index is 13.1. The van der Waals surface area contributed by atoms with Gasteiger partial charge < -0.3 is 10.4 Å². The Morgan fingerprint density at radius 3 is 2.72 bits per heavy atom. The normalized spacial score (nSPS) is 10.4. The molecule has 18 heavy (non-hydrogen) atoms. The maximum atomic E-state index is 13.1. The van der Waals surface area contributed by atoms with Crippen LogP contribution in [-0.2, 0) is 0 Å². The van der Waals surface area contributed by atoms with E-state index in [1.54, 1.807) is 26.0 Å². The molecule has 0 amide bonds. The molecule has 2 aromatic rings. The molecule has 0 saturated carbocycles. The lowest BCUT2D eigenvalue weighted by molar-refractivity contribution is 0.0701. The lowest BCUT2D eigenvalue weighted by Crippen LogP contribution is -1.94. The van der Waals surface area contributed by atoms with Crippen molar-refractivity contribution in [2.75, 3.05) is 5.32 Å². The van der Waals surface area contributed by atoms with Crippen molar-refractivity contribution < 1.29 is 14.3 Å². The van der Waals surface area contributed by atoms with Crippen molar-refractivity contribution in [3.8, 4) is 0 Å². The van der Waals surface area contributed by atoms with Gasteiger partial charge in [-0.05, 0) is 37.6 Å². The first-order valence-electron chi connectivity index (χ1n) is 5.21. The zero-order valence-corrected chi connectivity index (χ0v) is 10.6. The third kappa shape index (κ3) is 2.48. The van der Waals surface area contributed by atoms with Crippen LogP contribution in [0.3, 0.4) is 0 Å². The van der Waals surface area contributed by atoms with Crippen LogP contribution in [0.5, 0.6) is 0 Å². The Bertz CT molecular complexity index is 610. The molecule has 4 nitrogen and oxygen atoms in total. The fraction of sp³-hybridized carbons (Fsp3) is 0.167. The minimum Gasteiger partial charge on any atom is -0.477 e. The fourth-order valence-electron chi connectivity index (χ4n) is 1.49. The first-order chi connectivity index (χ1) is 8.47. The number of benzene rings is 1. The van der Waals surface area contributed by atoms with Gasteiger partial charge in [0.15, 0.2) is 5.13 Å². The van der Waals surface area contributed by atoms with E-state index in [1.807, 2.05) is 0 Å². The highest BCUT2D eigenvalue weighted by molar-refractivity contribution is 7.17. The van der Waals surface area contributed by atoms with Crippen LogP contribution in [-0.4, -0.2) is 16.1 Å². The summed E-state index contributed by atoms with van der Waals surface area (Å²) in [4.78, 5) is 15.2. The monoisotopic (exact) mass is 266 g/mol. The predicted molar refractivity (Wildman–Crippen MR) is 68.2 cm³/mol. The first kappa shape index (κ1) is 12.5. The van der Waals surface area contributed by atoms with Gasteiger partial charge in [-0.2, -0.15) is 0 Å². The number of nitrogens with zero attached hydrogens (tertiary/aromatic N) is 1. The van der Waals surface area contributed by atoms with Gasteiger partial charge >= 0.3 is 5.97 Å². The van der Waals surface area contributed by atoms with Gasteiger partial charge in [-0.3, -0.25) is 0 Å². The molecule has 0 fully saturated rings. The average molecular weight is 266 g/mol. The summed E-state index contributed by atoms with van der Waals surface area (Å²) >= 11 is 1.06. The topological polar surface area (TPSA) is 62.2 Å². The van der Waals surface area contributed by atoms with E-state index < -0.39 is 5.97 Å². The Kier molecular flexibility index (Phi) is 3.29. The Morgan fingerprint density at radius 2 is 2.17 bits per heavy atom. The van der Waals surface area contributed by atoms with Crippen LogP contribution < -0.4 is 5.32 Å². The fourth-order valence-corrected chi connectivity index (χ4v) is 2.32. The standard InChI is InChI=1S/C12H11FN2O2S/c1-6-5-8(3-4-9(6)13)15-12-14-7(2)10(18-12)11(16)17/h3-5H,1-2H3,(H,14,15)(H,16,17). The zero-order chi connectivity index (χ0) is 13.3. The number of rotatable bonds is 3. The van der Waals surface area contributed by atoms with E-state index in [-0.39, 0.29) is 10.7 Å². The molecule has 0 bridgehead atoms. The number of carbonyl (C=O) groups is 1. The summed E-state index contributed by atoms with van der Waals surface area (Å²) in [6.45, 7) is 3.30. The molecule has 1 aromatic carbocycles. The minimum atomic E-state index is -0.992. The Hall–Kier alpha value is -1.95. The molecule has 1 heterocycles. The van der Waals surface area contributed by atoms with Gasteiger partial charge in [-0.1, -0.05) is 11.3 Å². The zero-order valence-electron chi connectivity index (χ0n) is 9.82. The van der Waals surface area contributed by atoms with E-state index in [4.69, 9.17) is 5.11 Å². The molecule has 2 N–H and O–H groups in total. The molecule has 2 rings (SSSR count). The summed E-state index contributed by atoms with van der Waals surface area (Å²) in [5, 5.41) is 12.4. The smallest absolute Gasteiger partial charge is 0.347 e. The van der Waals surface area contributed by atoms with Crippen LogP contribution in [0.4, 0.5) is 15.2 Å². The van der Waals surface area contributed by atoms with Crippen LogP contribution in [0.2, 0.25) is 0 Å². The average Bonchev–Trinajstić information content (AvgIpc) is 2.65. The van der Waals surface area contributed by atoms with Crippen LogP contribution in [0.25, 0.3) is 0 Å². The second-order valence-electron chi connectivity index (χ2n) is 3.83. The number of aromatic nitrogens is 1. The quantitative estimate of drug-likeness (QED) is 0.894. The second-order valence-corrected chi connectivity index (χ2v) is 4.83. The number of nitrogens with one attached hydrogen (secondary N) is 1. The van der Waals surface area contributed by atoms with E-state index in [0.29, 0.717) is 22.1 Å². The van der Waals surface area contributed by atoms with E-state index in [0.717, 1.165) is 11.3 Å². The van der Waals surface area contributed by atoms with Crippen molar-refractivity contribution in [1.82, 2.24) is 4.98 Å². The molecule has 0 unspecified atom stereocenters. The van der Waals surface area contributed by atoms with Crippen molar-refractivity contribution in [1.29, 1.82) is 0 Å². The molecule has 1 aromatic heterocycles. The number of anilines is 2. The van der Waals surface area contributed by atoms with Gasteiger partial charge in [-0.15, -0.1) is 0 Å². The van der Waals surface area contributed by atoms with Crippen LogP contribution in [0, 0.1) is 19.7 Å². The maximum Gasteiger partial charge on any atom is 0.347 e. The summed E-state index contributed by atoms with van der Waals surface area (Å²) in [6.07, 6.45) is 0. The van der Waals surface area contributed by atoms with Gasteiger partial charge in [-0.25, -0.2) is 14.2 Å². The molecule has 0 spiro atoms. The number of hydrogen-bond donors (Lipinski definition) is 2. The first-order valence-corrected chi connectivity index (χ1v) is 6.03. The predicted octanol–water partition coefficient (Wildman–Crippen LogP) is 3.34. The molecular formula is C12H11FN2O2S. The van der Waals surface area contributed by atoms with Gasteiger partial charge in [0.05, 0.1) is 5.69 Å². The lowest BCUT2D eigenvalue weighted by Gasteiger charge is -2.03. The summed E-state index contributed by atoms with van der Waals surface area (Å²) in [7, 11) is 0. The number of thiazole rings is 1. The summed E-state index contributed by atoms with van der Waals surface area (Å²) < 4.78 is 13.1. The van der Waals surface area contributed by atoms with Crippen molar-refractivity contribution >= 4 is 28.1 Å². The summed E-state index contributed by atoms with van der Waals surface area (Å²) in [5.74, 6) is -1.27. The van der Waals surface area contributed by atoms with Crippen molar-refractivity contribution in [2.45, 2.75) is 13.8 Å².